The lowest BCUT2D eigenvalue weighted by molar-refractivity contribution is 0.102. The zero-order valence-electron chi connectivity index (χ0n) is 14.4. The van der Waals surface area contributed by atoms with Gasteiger partial charge in [0.1, 0.15) is 11.5 Å². The number of nitrogens with zero attached hydrogens (tertiary/aromatic N) is 4. The Morgan fingerprint density at radius 1 is 1.15 bits per heavy atom. The average Bonchev–Trinajstić information content (AvgIpc) is 3.33. The van der Waals surface area contributed by atoms with Crippen molar-refractivity contribution in [3.63, 3.8) is 0 Å². The minimum Gasteiger partial charge on any atom is -0.347 e. The number of hydrogen-bond donors (Lipinski definition) is 1. The van der Waals surface area contributed by atoms with Crippen LogP contribution >= 0.6 is 27.3 Å². The molecule has 1 amide bonds. The van der Waals surface area contributed by atoms with Crippen LogP contribution in [0.5, 0.6) is 0 Å². The van der Waals surface area contributed by atoms with E-state index in [2.05, 4.69) is 36.3 Å². The first kappa shape index (κ1) is 18.1. The van der Waals surface area contributed by atoms with Crippen LogP contribution in [0, 0.1) is 5.82 Å². The molecule has 0 saturated carbocycles. The molecule has 0 bridgehead atoms. The molecule has 1 aliphatic rings. The van der Waals surface area contributed by atoms with Gasteiger partial charge in [0.15, 0.2) is 0 Å². The van der Waals surface area contributed by atoms with E-state index >= 15 is 0 Å². The van der Waals surface area contributed by atoms with Gasteiger partial charge in [0.2, 0.25) is 10.3 Å². The number of rotatable bonds is 4. The van der Waals surface area contributed by atoms with E-state index in [1.165, 1.54) is 29.9 Å². The number of aromatic nitrogens is 3. The Morgan fingerprint density at radius 2 is 1.93 bits per heavy atom. The minimum absolute atomic E-state index is 0.127. The molecule has 0 aliphatic carbocycles. The molecule has 0 radical (unpaired) electrons. The van der Waals surface area contributed by atoms with Crippen LogP contribution in [0.2, 0.25) is 0 Å². The summed E-state index contributed by atoms with van der Waals surface area (Å²) in [7, 11) is 0. The van der Waals surface area contributed by atoms with Crippen LogP contribution < -0.4 is 10.2 Å². The monoisotopic (exact) mass is 449 g/mol. The normalized spacial score (nSPS) is 14.4. The Hall–Kier alpha value is -2.26. The number of hydrogen-bond acceptors (Lipinski definition) is 5. The van der Waals surface area contributed by atoms with E-state index in [-0.39, 0.29) is 5.69 Å². The summed E-state index contributed by atoms with van der Waals surface area (Å²) in [5.74, 6) is -0.907. The Labute approximate surface area is 168 Å². The summed E-state index contributed by atoms with van der Waals surface area (Å²) in [4.78, 5) is 14.9. The van der Waals surface area contributed by atoms with Crippen molar-refractivity contribution in [1.29, 1.82) is 0 Å². The van der Waals surface area contributed by atoms with Gasteiger partial charge < -0.3 is 10.2 Å². The molecule has 1 aliphatic heterocycles. The van der Waals surface area contributed by atoms with Crippen molar-refractivity contribution in [2.45, 2.75) is 19.3 Å². The lowest BCUT2D eigenvalue weighted by Gasteiger charge is -2.25. The highest BCUT2D eigenvalue weighted by molar-refractivity contribution is 9.10. The van der Waals surface area contributed by atoms with E-state index in [0.29, 0.717) is 15.3 Å². The van der Waals surface area contributed by atoms with Gasteiger partial charge in [-0.2, -0.15) is 0 Å². The molecule has 1 N–H and O–H groups in total. The van der Waals surface area contributed by atoms with E-state index in [1.54, 1.807) is 29.0 Å². The molecule has 1 aromatic carbocycles. The molecule has 3 aromatic rings. The first-order valence-electron chi connectivity index (χ1n) is 8.64. The van der Waals surface area contributed by atoms with Crippen molar-refractivity contribution in [2.24, 2.45) is 0 Å². The van der Waals surface area contributed by atoms with Crippen LogP contribution in [0.25, 0.3) is 5.13 Å². The van der Waals surface area contributed by atoms with Gasteiger partial charge in [-0.1, -0.05) is 27.3 Å². The molecule has 6 nitrogen and oxygen atoms in total. The zero-order chi connectivity index (χ0) is 18.8. The molecule has 0 spiro atoms. The number of nitrogens with one attached hydrogen (secondary N) is 1. The topological polar surface area (TPSA) is 63.1 Å². The fraction of sp³-hybridized carbons (Fsp3) is 0.278. The van der Waals surface area contributed by atoms with Crippen LogP contribution in [-0.2, 0) is 0 Å². The predicted molar refractivity (Wildman–Crippen MR) is 107 cm³/mol. The second kappa shape index (κ2) is 7.77. The first-order chi connectivity index (χ1) is 13.1. The molecule has 0 unspecified atom stereocenters. The Morgan fingerprint density at radius 3 is 2.70 bits per heavy atom. The Balaban J connectivity index is 1.55. The summed E-state index contributed by atoms with van der Waals surface area (Å²) in [6.45, 7) is 1.97. The number of amides is 1. The summed E-state index contributed by atoms with van der Waals surface area (Å²) in [6.07, 6.45) is 5.32. The van der Waals surface area contributed by atoms with E-state index in [1.807, 2.05) is 0 Å². The molecule has 4 rings (SSSR count). The highest BCUT2D eigenvalue weighted by Crippen LogP contribution is 2.27. The average molecular weight is 450 g/mol. The third-order valence-electron chi connectivity index (χ3n) is 4.40. The third-order valence-corrected chi connectivity index (χ3v) is 5.87. The summed E-state index contributed by atoms with van der Waals surface area (Å²) >= 11 is 4.65. The van der Waals surface area contributed by atoms with E-state index in [9.17, 15) is 9.18 Å². The van der Waals surface area contributed by atoms with Crippen molar-refractivity contribution < 1.29 is 9.18 Å². The molecule has 3 heterocycles. The zero-order valence-corrected chi connectivity index (χ0v) is 16.8. The maximum absolute atomic E-state index is 14.0. The summed E-state index contributed by atoms with van der Waals surface area (Å²) in [6, 6.07) is 7.94. The standard InChI is InChI=1S/C18H17BrFN5OS/c19-12-6-7-14(13(20)11-12)21-16(26)15-5-4-10-25(15)18-23-22-17(27-18)24-8-2-1-3-9-24/h4-7,10-11H,1-3,8-9H2,(H,21,26). The Kier molecular flexibility index (Phi) is 5.22. The van der Waals surface area contributed by atoms with Gasteiger partial charge in [-0.05, 0) is 49.6 Å². The number of piperidine rings is 1. The number of benzene rings is 1. The third kappa shape index (κ3) is 3.89. The second-order valence-corrected chi connectivity index (χ2v) is 8.11. The summed E-state index contributed by atoms with van der Waals surface area (Å²) in [5, 5.41) is 12.6. The SMILES string of the molecule is O=C(Nc1ccc(Br)cc1F)c1cccn1-c1nnc(N2CCCCC2)s1. The van der Waals surface area contributed by atoms with Crippen molar-refractivity contribution in [3.8, 4) is 5.13 Å². The molecular weight excluding hydrogens is 433 g/mol. The van der Waals surface area contributed by atoms with Crippen LogP contribution in [0.15, 0.2) is 41.0 Å². The van der Waals surface area contributed by atoms with Crippen LogP contribution in [0.3, 0.4) is 0 Å². The molecule has 27 heavy (non-hydrogen) atoms. The Bertz CT molecular complexity index is 966. The smallest absolute Gasteiger partial charge is 0.272 e. The molecule has 0 atom stereocenters. The molecule has 9 heteroatoms. The lowest BCUT2D eigenvalue weighted by Crippen LogP contribution is -2.29. The quantitative estimate of drug-likeness (QED) is 0.637. The van der Waals surface area contributed by atoms with Crippen molar-refractivity contribution in [3.05, 3.63) is 52.5 Å². The summed E-state index contributed by atoms with van der Waals surface area (Å²) < 4.78 is 16.3. The lowest BCUT2D eigenvalue weighted by atomic mass is 10.1. The maximum Gasteiger partial charge on any atom is 0.272 e. The van der Waals surface area contributed by atoms with Crippen LogP contribution in [0.4, 0.5) is 15.2 Å². The predicted octanol–water partition coefficient (Wildman–Crippen LogP) is 4.47. The van der Waals surface area contributed by atoms with Gasteiger partial charge in [0, 0.05) is 23.8 Å². The second-order valence-electron chi connectivity index (χ2n) is 6.26. The van der Waals surface area contributed by atoms with Crippen LogP contribution in [-0.4, -0.2) is 33.8 Å². The highest BCUT2D eigenvalue weighted by atomic mass is 79.9. The van der Waals surface area contributed by atoms with Crippen LogP contribution in [0.1, 0.15) is 29.8 Å². The highest BCUT2D eigenvalue weighted by Gasteiger charge is 2.19. The van der Waals surface area contributed by atoms with E-state index in [4.69, 9.17) is 0 Å². The largest absolute Gasteiger partial charge is 0.347 e. The van der Waals surface area contributed by atoms with Gasteiger partial charge in [-0.15, -0.1) is 10.2 Å². The van der Waals surface area contributed by atoms with Gasteiger partial charge in [0.05, 0.1) is 5.69 Å². The number of carbonyl (C=O) groups is 1. The molecular formula is C18H17BrFN5OS. The molecule has 1 fully saturated rings. The summed E-state index contributed by atoms with van der Waals surface area (Å²) in [5.41, 5.74) is 0.501. The van der Waals surface area contributed by atoms with Crippen molar-refractivity contribution >= 4 is 44.0 Å². The maximum atomic E-state index is 14.0. The van der Waals surface area contributed by atoms with Gasteiger partial charge >= 0.3 is 0 Å². The van der Waals surface area contributed by atoms with Gasteiger partial charge in [-0.3, -0.25) is 9.36 Å². The van der Waals surface area contributed by atoms with E-state index < -0.39 is 11.7 Å². The number of carbonyl (C=O) groups excluding carboxylic acids is 1. The first-order valence-corrected chi connectivity index (χ1v) is 10.3. The number of halogens is 2. The van der Waals surface area contributed by atoms with Gasteiger partial charge in [-0.25, -0.2) is 4.39 Å². The minimum atomic E-state index is -0.501. The molecule has 1 saturated heterocycles. The fourth-order valence-corrected chi connectivity index (χ4v) is 4.26. The van der Waals surface area contributed by atoms with E-state index in [0.717, 1.165) is 31.1 Å². The number of anilines is 2. The molecule has 2 aromatic heterocycles. The molecule has 140 valence electrons. The van der Waals surface area contributed by atoms with Crippen molar-refractivity contribution in [2.75, 3.05) is 23.3 Å². The van der Waals surface area contributed by atoms with Crippen molar-refractivity contribution in [1.82, 2.24) is 14.8 Å². The van der Waals surface area contributed by atoms with Gasteiger partial charge in [0.25, 0.3) is 5.91 Å². The fourth-order valence-electron chi connectivity index (χ4n) is 3.03.